The second kappa shape index (κ2) is 2.77. The van der Waals surface area contributed by atoms with E-state index in [0.717, 1.165) is 18.5 Å². The van der Waals surface area contributed by atoms with Crippen LogP contribution in [0.15, 0.2) is 23.4 Å². The molecular formula is C10H13NO. The summed E-state index contributed by atoms with van der Waals surface area (Å²) in [7, 11) is 0. The van der Waals surface area contributed by atoms with Crippen molar-refractivity contribution in [2.75, 3.05) is 0 Å². The highest BCUT2D eigenvalue weighted by atomic mass is 16.1. The van der Waals surface area contributed by atoms with E-state index >= 15 is 0 Å². The van der Waals surface area contributed by atoms with Crippen molar-refractivity contribution in [2.24, 2.45) is 5.92 Å². The number of rotatable bonds is 0. The molecule has 0 aromatic rings. The first-order chi connectivity index (χ1) is 5.75. The van der Waals surface area contributed by atoms with E-state index in [2.05, 4.69) is 24.4 Å². The van der Waals surface area contributed by atoms with Gasteiger partial charge in [-0.3, -0.25) is 4.79 Å². The Labute approximate surface area is 72.3 Å². The van der Waals surface area contributed by atoms with E-state index in [4.69, 9.17) is 0 Å². The first-order valence-corrected chi connectivity index (χ1v) is 4.47. The fraction of sp³-hybridized carbons (Fsp3) is 0.500. The summed E-state index contributed by atoms with van der Waals surface area (Å²) in [5.41, 5.74) is 2.39. The molecule has 0 radical (unpaired) electrons. The molecule has 12 heavy (non-hydrogen) atoms. The maximum Gasteiger partial charge on any atom is 0.224 e. The first-order valence-electron chi connectivity index (χ1n) is 4.47. The van der Waals surface area contributed by atoms with Gasteiger partial charge in [0.15, 0.2) is 0 Å². The molecule has 1 heterocycles. The first kappa shape index (κ1) is 7.59. The summed E-state index contributed by atoms with van der Waals surface area (Å²) < 4.78 is 0. The van der Waals surface area contributed by atoms with Crippen LogP contribution in [0.3, 0.4) is 0 Å². The number of hydrogen-bond donors (Lipinski definition) is 1. The van der Waals surface area contributed by atoms with Crippen LogP contribution in [-0.4, -0.2) is 5.91 Å². The average Bonchev–Trinajstić information content (AvgIpc) is 2.03. The van der Waals surface area contributed by atoms with Crippen molar-refractivity contribution in [1.29, 1.82) is 0 Å². The molecule has 0 aromatic carbocycles. The lowest BCUT2D eigenvalue weighted by molar-refractivity contribution is -0.120. The molecule has 2 rings (SSSR count). The zero-order valence-corrected chi connectivity index (χ0v) is 7.26. The molecule has 1 saturated heterocycles. The molecule has 1 amide bonds. The van der Waals surface area contributed by atoms with Gasteiger partial charge in [0, 0.05) is 12.1 Å². The lowest BCUT2D eigenvalue weighted by Crippen LogP contribution is -2.29. The van der Waals surface area contributed by atoms with Crippen LogP contribution in [0.4, 0.5) is 0 Å². The highest BCUT2D eigenvalue weighted by Crippen LogP contribution is 2.26. The number of piperidine rings is 1. The number of nitrogens with one attached hydrogen (secondary N) is 1. The minimum Gasteiger partial charge on any atom is -0.326 e. The largest absolute Gasteiger partial charge is 0.326 e. The minimum absolute atomic E-state index is 0.160. The predicted octanol–water partition coefficient (Wildman–Crippen LogP) is 1.75. The quantitative estimate of drug-likeness (QED) is 0.579. The zero-order chi connectivity index (χ0) is 8.55. The molecule has 0 aromatic heterocycles. The third-order valence-corrected chi connectivity index (χ3v) is 2.43. The fourth-order valence-corrected chi connectivity index (χ4v) is 1.72. The Morgan fingerprint density at radius 1 is 1.50 bits per heavy atom. The number of allylic oxidation sites excluding steroid dienone is 3. The van der Waals surface area contributed by atoms with Crippen LogP contribution in [-0.2, 0) is 4.79 Å². The van der Waals surface area contributed by atoms with E-state index in [9.17, 15) is 4.79 Å². The third-order valence-electron chi connectivity index (χ3n) is 2.43. The maximum absolute atomic E-state index is 11.0. The molecule has 2 nitrogen and oxygen atoms in total. The van der Waals surface area contributed by atoms with E-state index in [1.54, 1.807) is 0 Å². The Bertz CT molecular complexity index is 276. The molecule has 64 valence electrons. The van der Waals surface area contributed by atoms with Crippen LogP contribution in [0, 0.1) is 5.92 Å². The maximum atomic E-state index is 11.0. The molecule has 0 saturated carbocycles. The monoisotopic (exact) mass is 163 g/mol. The Morgan fingerprint density at radius 3 is 3.17 bits per heavy atom. The normalized spacial score (nSPS) is 28.4. The fourth-order valence-electron chi connectivity index (χ4n) is 1.72. The zero-order valence-electron chi connectivity index (χ0n) is 7.26. The number of carbonyl (C=O) groups is 1. The molecule has 1 atom stereocenters. The molecular weight excluding hydrogens is 150 g/mol. The molecule has 1 N–H and O–H groups in total. The summed E-state index contributed by atoms with van der Waals surface area (Å²) in [5, 5.41) is 2.90. The van der Waals surface area contributed by atoms with E-state index in [1.165, 1.54) is 5.57 Å². The molecule has 2 aliphatic rings. The lowest BCUT2D eigenvalue weighted by Gasteiger charge is -2.24. The van der Waals surface area contributed by atoms with Crippen LogP contribution in [0.5, 0.6) is 0 Å². The van der Waals surface area contributed by atoms with Crippen LogP contribution >= 0.6 is 0 Å². The SMILES string of the molecule is CC1C=C2NC(=O)CCC2=CC1. The molecule has 2 heteroatoms. The summed E-state index contributed by atoms with van der Waals surface area (Å²) in [6.45, 7) is 2.17. The summed E-state index contributed by atoms with van der Waals surface area (Å²) in [6.07, 6.45) is 7.10. The Hall–Kier alpha value is -1.05. The Kier molecular flexibility index (Phi) is 1.75. The second-order valence-corrected chi connectivity index (χ2v) is 3.57. The summed E-state index contributed by atoms with van der Waals surface area (Å²) in [4.78, 5) is 11.0. The highest BCUT2D eigenvalue weighted by Gasteiger charge is 2.19. The number of carbonyl (C=O) groups excluding carboxylic acids is 1. The molecule has 1 fully saturated rings. The van der Waals surface area contributed by atoms with Crippen molar-refractivity contribution in [3.63, 3.8) is 0 Å². The van der Waals surface area contributed by atoms with Gasteiger partial charge in [0.25, 0.3) is 0 Å². The van der Waals surface area contributed by atoms with Gasteiger partial charge in [-0.25, -0.2) is 0 Å². The molecule has 1 unspecified atom stereocenters. The highest BCUT2D eigenvalue weighted by molar-refractivity contribution is 5.81. The smallest absolute Gasteiger partial charge is 0.224 e. The van der Waals surface area contributed by atoms with Gasteiger partial charge >= 0.3 is 0 Å². The second-order valence-electron chi connectivity index (χ2n) is 3.57. The van der Waals surface area contributed by atoms with Crippen LogP contribution < -0.4 is 5.32 Å². The number of hydrogen-bond acceptors (Lipinski definition) is 1. The van der Waals surface area contributed by atoms with Crippen molar-refractivity contribution < 1.29 is 4.79 Å². The van der Waals surface area contributed by atoms with E-state index in [1.807, 2.05) is 0 Å². The van der Waals surface area contributed by atoms with Crippen LogP contribution in [0.25, 0.3) is 0 Å². The van der Waals surface area contributed by atoms with E-state index in [-0.39, 0.29) is 5.91 Å². The van der Waals surface area contributed by atoms with Gasteiger partial charge in [-0.05, 0) is 24.3 Å². The summed E-state index contributed by atoms with van der Waals surface area (Å²) >= 11 is 0. The van der Waals surface area contributed by atoms with Crippen molar-refractivity contribution in [3.8, 4) is 0 Å². The summed E-state index contributed by atoms with van der Waals surface area (Å²) in [6, 6.07) is 0. The van der Waals surface area contributed by atoms with Gasteiger partial charge in [-0.2, -0.15) is 0 Å². The minimum atomic E-state index is 0.160. The summed E-state index contributed by atoms with van der Waals surface area (Å²) in [5.74, 6) is 0.731. The van der Waals surface area contributed by atoms with Crippen LogP contribution in [0.2, 0.25) is 0 Å². The number of amides is 1. The Morgan fingerprint density at radius 2 is 2.33 bits per heavy atom. The van der Waals surface area contributed by atoms with Gasteiger partial charge in [0.2, 0.25) is 5.91 Å². The van der Waals surface area contributed by atoms with Crippen LogP contribution in [0.1, 0.15) is 26.2 Å². The lowest BCUT2D eigenvalue weighted by atomic mass is 9.91. The third kappa shape index (κ3) is 1.29. The predicted molar refractivity (Wildman–Crippen MR) is 47.3 cm³/mol. The van der Waals surface area contributed by atoms with E-state index in [0.29, 0.717) is 12.3 Å². The topological polar surface area (TPSA) is 29.1 Å². The van der Waals surface area contributed by atoms with Gasteiger partial charge < -0.3 is 5.32 Å². The van der Waals surface area contributed by atoms with Gasteiger partial charge in [0.05, 0.1) is 0 Å². The molecule has 1 aliphatic heterocycles. The van der Waals surface area contributed by atoms with Gasteiger partial charge in [-0.15, -0.1) is 0 Å². The van der Waals surface area contributed by atoms with Crippen molar-refractivity contribution in [3.05, 3.63) is 23.4 Å². The van der Waals surface area contributed by atoms with Crippen molar-refractivity contribution in [1.82, 2.24) is 5.32 Å². The Balaban J connectivity index is 2.23. The van der Waals surface area contributed by atoms with Crippen molar-refractivity contribution in [2.45, 2.75) is 26.2 Å². The molecule has 1 aliphatic carbocycles. The molecule has 0 spiro atoms. The van der Waals surface area contributed by atoms with Gasteiger partial charge in [-0.1, -0.05) is 19.1 Å². The van der Waals surface area contributed by atoms with Gasteiger partial charge in [0.1, 0.15) is 0 Å². The average molecular weight is 163 g/mol. The van der Waals surface area contributed by atoms with E-state index < -0.39 is 0 Å². The standard InChI is InChI=1S/C10H13NO/c1-7-2-3-8-4-5-10(12)11-9(8)6-7/h3,6-7H,2,4-5H2,1H3,(H,11,12). The number of fused-ring (bicyclic) bond motifs is 1. The molecule has 0 bridgehead atoms. The van der Waals surface area contributed by atoms with Crippen molar-refractivity contribution >= 4 is 5.91 Å².